The molecular formula is C13H24N2. The predicted molar refractivity (Wildman–Crippen MR) is 62.8 cm³/mol. The first-order chi connectivity index (χ1) is 7.34. The van der Waals surface area contributed by atoms with Gasteiger partial charge in [0.2, 0.25) is 0 Å². The molecule has 3 fully saturated rings. The van der Waals surface area contributed by atoms with Crippen molar-refractivity contribution in [1.82, 2.24) is 10.6 Å². The van der Waals surface area contributed by atoms with Crippen molar-refractivity contribution in [3.05, 3.63) is 0 Å². The molecule has 0 radical (unpaired) electrons. The van der Waals surface area contributed by atoms with Crippen LogP contribution in [0.1, 0.15) is 39.0 Å². The lowest BCUT2D eigenvalue weighted by molar-refractivity contribution is 0.458. The Balaban J connectivity index is 1.28. The van der Waals surface area contributed by atoms with Crippen LogP contribution in [0.15, 0.2) is 0 Å². The van der Waals surface area contributed by atoms with Crippen LogP contribution in [0.2, 0.25) is 0 Å². The van der Waals surface area contributed by atoms with E-state index in [0.717, 1.165) is 30.3 Å². The third kappa shape index (κ3) is 2.36. The monoisotopic (exact) mass is 208 g/mol. The summed E-state index contributed by atoms with van der Waals surface area (Å²) in [4.78, 5) is 0. The fourth-order valence-electron chi connectivity index (χ4n) is 3.31. The highest BCUT2D eigenvalue weighted by molar-refractivity contribution is 5.02. The van der Waals surface area contributed by atoms with Gasteiger partial charge in [0, 0.05) is 18.6 Å². The number of rotatable bonds is 6. The molecule has 0 heterocycles. The summed E-state index contributed by atoms with van der Waals surface area (Å²) in [5, 5.41) is 7.28. The van der Waals surface area contributed by atoms with Crippen LogP contribution >= 0.6 is 0 Å². The summed E-state index contributed by atoms with van der Waals surface area (Å²) in [6.07, 6.45) is 7.35. The molecule has 3 rings (SSSR count). The van der Waals surface area contributed by atoms with Gasteiger partial charge in [-0.15, -0.1) is 0 Å². The maximum Gasteiger partial charge on any atom is 0.0164 e. The van der Waals surface area contributed by atoms with Crippen LogP contribution in [-0.2, 0) is 0 Å². The molecule has 0 saturated heterocycles. The van der Waals surface area contributed by atoms with Crippen molar-refractivity contribution in [2.75, 3.05) is 13.1 Å². The number of fused-ring (bicyclic) bond motifs is 1. The summed E-state index contributed by atoms with van der Waals surface area (Å²) in [5.41, 5.74) is 0. The Hall–Kier alpha value is -0.0800. The summed E-state index contributed by atoms with van der Waals surface area (Å²) < 4.78 is 0. The van der Waals surface area contributed by atoms with Gasteiger partial charge in [0.1, 0.15) is 0 Å². The van der Waals surface area contributed by atoms with E-state index < -0.39 is 0 Å². The van der Waals surface area contributed by atoms with Gasteiger partial charge in [-0.1, -0.05) is 6.42 Å². The minimum absolute atomic E-state index is 0.659. The van der Waals surface area contributed by atoms with E-state index in [1.807, 2.05) is 0 Å². The molecule has 2 N–H and O–H groups in total. The highest BCUT2D eigenvalue weighted by Crippen LogP contribution is 2.57. The predicted octanol–water partition coefficient (Wildman–Crippen LogP) is 1.76. The molecule has 0 amide bonds. The number of hydrogen-bond acceptors (Lipinski definition) is 2. The molecule has 15 heavy (non-hydrogen) atoms. The summed E-state index contributed by atoms with van der Waals surface area (Å²) >= 11 is 0. The fraction of sp³-hybridized carbons (Fsp3) is 1.00. The summed E-state index contributed by atoms with van der Waals surface area (Å²) in [6, 6.07) is 1.52. The van der Waals surface area contributed by atoms with E-state index >= 15 is 0 Å². The van der Waals surface area contributed by atoms with Crippen molar-refractivity contribution in [2.24, 2.45) is 17.8 Å². The van der Waals surface area contributed by atoms with E-state index in [1.54, 1.807) is 0 Å². The first-order valence-corrected chi connectivity index (χ1v) is 6.81. The lowest BCUT2D eigenvalue weighted by atomic mass is 10.1. The summed E-state index contributed by atoms with van der Waals surface area (Å²) in [7, 11) is 0. The lowest BCUT2D eigenvalue weighted by Gasteiger charge is -2.15. The van der Waals surface area contributed by atoms with Gasteiger partial charge in [-0.25, -0.2) is 0 Å². The molecule has 3 unspecified atom stereocenters. The topological polar surface area (TPSA) is 24.1 Å². The van der Waals surface area contributed by atoms with E-state index in [1.165, 1.54) is 38.6 Å². The quantitative estimate of drug-likeness (QED) is 0.695. The number of hydrogen-bond donors (Lipinski definition) is 2. The number of nitrogens with one attached hydrogen (secondary N) is 2. The fourth-order valence-corrected chi connectivity index (χ4v) is 3.31. The largest absolute Gasteiger partial charge is 0.313 e. The SMILES string of the molecule is CC(CNC1CC1)NCC1C2CCCC21. The van der Waals surface area contributed by atoms with E-state index in [0.29, 0.717) is 6.04 Å². The summed E-state index contributed by atoms with van der Waals surface area (Å²) in [5.74, 6) is 3.27. The van der Waals surface area contributed by atoms with Crippen LogP contribution in [0.3, 0.4) is 0 Å². The average Bonchev–Trinajstić information content (AvgIpc) is 3.13. The van der Waals surface area contributed by atoms with Crippen LogP contribution < -0.4 is 10.6 Å². The smallest absolute Gasteiger partial charge is 0.0164 e. The van der Waals surface area contributed by atoms with E-state index in [2.05, 4.69) is 17.6 Å². The Kier molecular flexibility index (Phi) is 2.73. The second-order valence-corrected chi connectivity index (χ2v) is 5.91. The molecule has 3 aliphatic rings. The molecule has 3 atom stereocenters. The minimum Gasteiger partial charge on any atom is -0.313 e. The Bertz CT molecular complexity index is 215. The van der Waals surface area contributed by atoms with Gasteiger partial charge in [-0.05, 0) is 56.9 Å². The van der Waals surface area contributed by atoms with Gasteiger partial charge >= 0.3 is 0 Å². The van der Waals surface area contributed by atoms with Crippen LogP contribution in [0.25, 0.3) is 0 Å². The van der Waals surface area contributed by atoms with Crippen LogP contribution in [0.5, 0.6) is 0 Å². The molecular weight excluding hydrogens is 184 g/mol. The van der Waals surface area contributed by atoms with Crippen molar-refractivity contribution in [3.8, 4) is 0 Å². The first kappa shape index (κ1) is 10.1. The highest BCUT2D eigenvalue weighted by Gasteiger charge is 2.51. The van der Waals surface area contributed by atoms with Gasteiger partial charge < -0.3 is 10.6 Å². The highest BCUT2D eigenvalue weighted by atomic mass is 15.0. The van der Waals surface area contributed by atoms with Crippen molar-refractivity contribution in [2.45, 2.75) is 51.1 Å². The normalized spacial score (nSPS) is 40.2. The first-order valence-electron chi connectivity index (χ1n) is 6.81. The Morgan fingerprint density at radius 1 is 1.13 bits per heavy atom. The molecule has 3 saturated carbocycles. The van der Waals surface area contributed by atoms with Crippen LogP contribution in [-0.4, -0.2) is 25.2 Å². The zero-order valence-corrected chi connectivity index (χ0v) is 9.84. The average molecular weight is 208 g/mol. The van der Waals surface area contributed by atoms with Crippen molar-refractivity contribution in [3.63, 3.8) is 0 Å². The molecule has 0 aromatic rings. The molecule has 2 nitrogen and oxygen atoms in total. The van der Waals surface area contributed by atoms with Crippen LogP contribution in [0.4, 0.5) is 0 Å². The van der Waals surface area contributed by atoms with Gasteiger partial charge in [0.15, 0.2) is 0 Å². The second kappa shape index (κ2) is 4.06. The maximum atomic E-state index is 3.69. The second-order valence-electron chi connectivity index (χ2n) is 5.91. The molecule has 0 aromatic carbocycles. The molecule has 2 heteroatoms. The Labute approximate surface area is 93.2 Å². The van der Waals surface area contributed by atoms with E-state index in [4.69, 9.17) is 0 Å². The van der Waals surface area contributed by atoms with Crippen molar-refractivity contribution < 1.29 is 0 Å². The van der Waals surface area contributed by atoms with Crippen LogP contribution in [0, 0.1) is 17.8 Å². The van der Waals surface area contributed by atoms with Crippen molar-refractivity contribution >= 4 is 0 Å². The molecule has 0 aromatic heterocycles. The Morgan fingerprint density at radius 3 is 2.53 bits per heavy atom. The molecule has 0 spiro atoms. The lowest BCUT2D eigenvalue weighted by Crippen LogP contribution is -2.38. The third-order valence-corrected chi connectivity index (χ3v) is 4.58. The minimum atomic E-state index is 0.659. The maximum absolute atomic E-state index is 3.69. The van der Waals surface area contributed by atoms with Gasteiger partial charge in [0.05, 0.1) is 0 Å². The molecule has 0 bridgehead atoms. The van der Waals surface area contributed by atoms with Gasteiger partial charge in [-0.3, -0.25) is 0 Å². The van der Waals surface area contributed by atoms with E-state index in [9.17, 15) is 0 Å². The zero-order valence-electron chi connectivity index (χ0n) is 9.84. The standard InChI is InChI=1S/C13H24N2/c1-9(7-15-10-5-6-10)14-8-13-11-3-2-4-12(11)13/h9-15H,2-8H2,1H3. The van der Waals surface area contributed by atoms with Gasteiger partial charge in [-0.2, -0.15) is 0 Å². The van der Waals surface area contributed by atoms with Crippen molar-refractivity contribution in [1.29, 1.82) is 0 Å². The third-order valence-electron chi connectivity index (χ3n) is 4.58. The Morgan fingerprint density at radius 2 is 1.87 bits per heavy atom. The molecule has 3 aliphatic carbocycles. The van der Waals surface area contributed by atoms with Gasteiger partial charge in [0.25, 0.3) is 0 Å². The molecule has 86 valence electrons. The molecule has 0 aliphatic heterocycles. The van der Waals surface area contributed by atoms with E-state index in [-0.39, 0.29) is 0 Å². The zero-order chi connectivity index (χ0) is 10.3. The summed E-state index contributed by atoms with van der Waals surface area (Å²) in [6.45, 7) is 4.75.